The molecule has 1 rings (SSSR count). The van der Waals surface area contributed by atoms with E-state index in [4.69, 9.17) is 4.74 Å². The lowest BCUT2D eigenvalue weighted by Crippen LogP contribution is -2.22. The highest BCUT2D eigenvalue weighted by molar-refractivity contribution is 9.10. The summed E-state index contributed by atoms with van der Waals surface area (Å²) in [7, 11) is 1.67. The fourth-order valence-electron chi connectivity index (χ4n) is 1.59. The van der Waals surface area contributed by atoms with E-state index in [-0.39, 0.29) is 0 Å². The number of rotatable bonds is 5. The third kappa shape index (κ3) is 3.59. The Balaban J connectivity index is 2.72. The molecule has 1 aromatic carbocycles. The SMILES string of the molecule is COCCCC(C)(O)c1ccccc1Br. The van der Waals surface area contributed by atoms with E-state index >= 15 is 0 Å². The number of halogens is 1. The van der Waals surface area contributed by atoms with E-state index in [1.807, 2.05) is 31.2 Å². The Kier molecular flexibility index (Phi) is 4.77. The third-order valence-corrected chi connectivity index (χ3v) is 3.16. The molecule has 1 atom stereocenters. The van der Waals surface area contributed by atoms with E-state index in [2.05, 4.69) is 15.9 Å². The molecule has 1 unspecified atom stereocenters. The first-order valence-electron chi connectivity index (χ1n) is 5.04. The van der Waals surface area contributed by atoms with Crippen LogP contribution in [0, 0.1) is 0 Å². The van der Waals surface area contributed by atoms with E-state index in [1.54, 1.807) is 7.11 Å². The number of benzene rings is 1. The summed E-state index contributed by atoms with van der Waals surface area (Å²) in [6.45, 7) is 2.52. The predicted molar refractivity (Wildman–Crippen MR) is 64.8 cm³/mol. The molecule has 1 N–H and O–H groups in total. The quantitative estimate of drug-likeness (QED) is 0.835. The summed E-state index contributed by atoms with van der Waals surface area (Å²) in [5.74, 6) is 0. The molecule has 0 saturated carbocycles. The topological polar surface area (TPSA) is 29.5 Å². The van der Waals surface area contributed by atoms with E-state index in [0.29, 0.717) is 13.0 Å². The van der Waals surface area contributed by atoms with E-state index in [0.717, 1.165) is 16.5 Å². The van der Waals surface area contributed by atoms with Crippen molar-refractivity contribution in [3.8, 4) is 0 Å². The van der Waals surface area contributed by atoms with Crippen LogP contribution in [0.5, 0.6) is 0 Å². The molecule has 0 aliphatic rings. The molecule has 2 nitrogen and oxygen atoms in total. The van der Waals surface area contributed by atoms with Crippen molar-refractivity contribution < 1.29 is 9.84 Å². The first-order chi connectivity index (χ1) is 7.08. The Morgan fingerprint density at radius 2 is 2.07 bits per heavy atom. The standard InChI is InChI=1S/C12H17BrO2/c1-12(14,8-5-9-15-2)10-6-3-4-7-11(10)13/h3-4,6-7,14H,5,8-9H2,1-2H3. The van der Waals surface area contributed by atoms with Gasteiger partial charge in [-0.05, 0) is 31.4 Å². The van der Waals surface area contributed by atoms with Crippen molar-refractivity contribution in [1.29, 1.82) is 0 Å². The Morgan fingerprint density at radius 1 is 1.40 bits per heavy atom. The monoisotopic (exact) mass is 272 g/mol. The van der Waals surface area contributed by atoms with Gasteiger partial charge in [0.25, 0.3) is 0 Å². The zero-order valence-corrected chi connectivity index (χ0v) is 10.8. The highest BCUT2D eigenvalue weighted by Gasteiger charge is 2.24. The molecule has 15 heavy (non-hydrogen) atoms. The minimum atomic E-state index is -0.793. The van der Waals surface area contributed by atoms with Gasteiger partial charge in [-0.15, -0.1) is 0 Å². The molecule has 1 aromatic rings. The van der Waals surface area contributed by atoms with Crippen LogP contribution >= 0.6 is 15.9 Å². The van der Waals surface area contributed by atoms with Crippen molar-refractivity contribution in [1.82, 2.24) is 0 Å². The minimum Gasteiger partial charge on any atom is -0.385 e. The molecule has 0 heterocycles. The molecule has 0 saturated heterocycles. The van der Waals surface area contributed by atoms with Gasteiger partial charge in [0.1, 0.15) is 0 Å². The van der Waals surface area contributed by atoms with Gasteiger partial charge in [0.05, 0.1) is 5.60 Å². The number of methoxy groups -OCH3 is 1. The summed E-state index contributed by atoms with van der Waals surface area (Å²) in [5, 5.41) is 10.3. The average Bonchev–Trinajstić information content (AvgIpc) is 2.18. The van der Waals surface area contributed by atoms with Crippen LogP contribution in [-0.4, -0.2) is 18.8 Å². The second-order valence-electron chi connectivity index (χ2n) is 3.85. The summed E-state index contributed by atoms with van der Waals surface area (Å²) < 4.78 is 5.93. The molecule has 0 aliphatic carbocycles. The van der Waals surface area contributed by atoms with Crippen LogP contribution in [0.2, 0.25) is 0 Å². The maximum absolute atomic E-state index is 10.3. The van der Waals surface area contributed by atoms with Crippen LogP contribution < -0.4 is 0 Å². The largest absolute Gasteiger partial charge is 0.385 e. The predicted octanol–water partition coefficient (Wildman–Crippen LogP) is 3.08. The Hall–Kier alpha value is -0.380. The lowest BCUT2D eigenvalue weighted by molar-refractivity contribution is 0.0366. The van der Waals surface area contributed by atoms with Gasteiger partial charge < -0.3 is 9.84 Å². The van der Waals surface area contributed by atoms with Crippen LogP contribution in [0.4, 0.5) is 0 Å². The number of ether oxygens (including phenoxy) is 1. The number of aliphatic hydroxyl groups is 1. The van der Waals surface area contributed by atoms with Crippen LogP contribution in [0.15, 0.2) is 28.7 Å². The van der Waals surface area contributed by atoms with Crippen molar-refractivity contribution in [3.05, 3.63) is 34.3 Å². The number of hydrogen-bond donors (Lipinski definition) is 1. The average molecular weight is 273 g/mol. The summed E-state index contributed by atoms with van der Waals surface area (Å²) in [6.07, 6.45) is 1.55. The second-order valence-corrected chi connectivity index (χ2v) is 4.70. The normalized spacial score (nSPS) is 14.9. The first-order valence-corrected chi connectivity index (χ1v) is 5.83. The molecule has 84 valence electrons. The summed E-state index contributed by atoms with van der Waals surface area (Å²) >= 11 is 3.45. The van der Waals surface area contributed by atoms with Gasteiger partial charge in [0, 0.05) is 18.2 Å². The van der Waals surface area contributed by atoms with Crippen molar-refractivity contribution in [3.63, 3.8) is 0 Å². The minimum absolute atomic E-state index is 0.681. The molecule has 0 amide bonds. The van der Waals surface area contributed by atoms with Gasteiger partial charge >= 0.3 is 0 Å². The van der Waals surface area contributed by atoms with Gasteiger partial charge in [-0.1, -0.05) is 34.1 Å². The van der Waals surface area contributed by atoms with Crippen LogP contribution in [0.3, 0.4) is 0 Å². The molecular formula is C12H17BrO2. The highest BCUT2D eigenvalue weighted by atomic mass is 79.9. The fourth-order valence-corrected chi connectivity index (χ4v) is 2.31. The third-order valence-electron chi connectivity index (χ3n) is 2.47. The van der Waals surface area contributed by atoms with Gasteiger partial charge in [-0.25, -0.2) is 0 Å². The first kappa shape index (κ1) is 12.7. The maximum atomic E-state index is 10.3. The zero-order chi connectivity index (χ0) is 11.3. The van der Waals surface area contributed by atoms with E-state index < -0.39 is 5.60 Å². The van der Waals surface area contributed by atoms with Gasteiger partial charge in [-0.2, -0.15) is 0 Å². The Bertz CT molecular complexity index is 310. The summed E-state index contributed by atoms with van der Waals surface area (Å²) in [6, 6.07) is 7.76. The molecule has 0 bridgehead atoms. The van der Waals surface area contributed by atoms with Crippen molar-refractivity contribution in [2.75, 3.05) is 13.7 Å². The molecule has 0 spiro atoms. The number of hydrogen-bond acceptors (Lipinski definition) is 2. The lowest BCUT2D eigenvalue weighted by atomic mass is 9.91. The molecule has 0 aromatic heterocycles. The van der Waals surface area contributed by atoms with E-state index in [1.165, 1.54) is 0 Å². The van der Waals surface area contributed by atoms with E-state index in [9.17, 15) is 5.11 Å². The van der Waals surface area contributed by atoms with Gasteiger partial charge in [0.2, 0.25) is 0 Å². The molecular weight excluding hydrogens is 256 g/mol. The van der Waals surface area contributed by atoms with Gasteiger partial charge in [0.15, 0.2) is 0 Å². The van der Waals surface area contributed by atoms with Crippen LogP contribution in [0.1, 0.15) is 25.3 Å². The Labute approximate surface area is 99.4 Å². The van der Waals surface area contributed by atoms with Crippen LogP contribution in [-0.2, 0) is 10.3 Å². The van der Waals surface area contributed by atoms with Crippen molar-refractivity contribution in [2.24, 2.45) is 0 Å². The zero-order valence-electron chi connectivity index (χ0n) is 9.16. The maximum Gasteiger partial charge on any atom is 0.0880 e. The van der Waals surface area contributed by atoms with Crippen molar-refractivity contribution >= 4 is 15.9 Å². The van der Waals surface area contributed by atoms with Gasteiger partial charge in [-0.3, -0.25) is 0 Å². The van der Waals surface area contributed by atoms with Crippen LogP contribution in [0.25, 0.3) is 0 Å². The lowest BCUT2D eigenvalue weighted by Gasteiger charge is -2.24. The molecule has 0 radical (unpaired) electrons. The summed E-state index contributed by atoms with van der Waals surface area (Å²) in [5.41, 5.74) is 0.139. The molecule has 0 aliphatic heterocycles. The molecule has 0 fully saturated rings. The highest BCUT2D eigenvalue weighted by Crippen LogP contribution is 2.31. The Morgan fingerprint density at radius 3 is 2.67 bits per heavy atom. The van der Waals surface area contributed by atoms with Crippen molar-refractivity contribution in [2.45, 2.75) is 25.4 Å². The summed E-state index contributed by atoms with van der Waals surface area (Å²) in [4.78, 5) is 0. The second kappa shape index (κ2) is 5.64. The molecule has 3 heteroatoms. The smallest absolute Gasteiger partial charge is 0.0880 e. The fraction of sp³-hybridized carbons (Fsp3) is 0.500.